The average Bonchev–Trinajstić information content (AvgIpc) is 3.27. The normalized spacial score (nSPS) is 12.3. The van der Waals surface area contributed by atoms with Gasteiger partial charge in [-0.25, -0.2) is 13.2 Å². The van der Waals surface area contributed by atoms with Gasteiger partial charge >= 0.3 is 12.1 Å². The minimum Gasteiger partial charge on any atom is -0.478 e. The topological polar surface area (TPSA) is 71.4 Å². The van der Waals surface area contributed by atoms with Crippen molar-refractivity contribution >= 4 is 37.9 Å². The Morgan fingerprint density at radius 3 is 2.12 bits per heavy atom. The maximum absolute atomic E-state index is 12.9. The quantitative estimate of drug-likeness (QED) is 0.320. The van der Waals surface area contributed by atoms with Crippen LogP contribution in [0.5, 0.6) is 0 Å². The molecule has 0 unspecified atom stereocenters. The Hall–Kier alpha value is -3.17. The summed E-state index contributed by atoms with van der Waals surface area (Å²) in [6, 6.07) is 13.2. The minimum absolute atomic E-state index is 0.0988. The first-order chi connectivity index (χ1) is 15.9. The third-order valence-electron chi connectivity index (χ3n) is 5.63. The average molecular weight is 505 g/mol. The SMILES string of the molecule is CCc1c(C(=O)O)cc(-c2csc(S(C)(=O)=O)c2)c2ccc(-c3ccc(C(F)(F)F)cc3)cc12. The van der Waals surface area contributed by atoms with Crippen LogP contribution in [0.2, 0.25) is 0 Å². The molecule has 0 bridgehead atoms. The number of carboxylic acids is 1. The molecule has 0 aliphatic rings. The predicted octanol–water partition coefficient (Wildman–Crippen LogP) is 6.92. The van der Waals surface area contributed by atoms with Crippen LogP contribution in [0, 0.1) is 0 Å². The van der Waals surface area contributed by atoms with E-state index in [0.29, 0.717) is 39.6 Å². The Bertz CT molecular complexity index is 1520. The molecule has 1 N–H and O–H groups in total. The van der Waals surface area contributed by atoms with Crippen LogP contribution in [0.15, 0.2) is 64.2 Å². The highest BCUT2D eigenvalue weighted by Crippen LogP contribution is 2.39. The summed E-state index contributed by atoms with van der Waals surface area (Å²) < 4.78 is 62.9. The molecule has 34 heavy (non-hydrogen) atoms. The van der Waals surface area contributed by atoms with Crippen molar-refractivity contribution < 1.29 is 31.5 Å². The van der Waals surface area contributed by atoms with Crippen molar-refractivity contribution in [1.82, 2.24) is 0 Å². The molecular formula is C25H19F3O4S2. The largest absolute Gasteiger partial charge is 0.478 e. The zero-order chi connectivity index (χ0) is 24.8. The van der Waals surface area contributed by atoms with E-state index in [2.05, 4.69) is 0 Å². The van der Waals surface area contributed by atoms with E-state index < -0.39 is 27.5 Å². The highest BCUT2D eigenvalue weighted by atomic mass is 32.2. The van der Waals surface area contributed by atoms with Crippen molar-refractivity contribution in [2.75, 3.05) is 6.26 Å². The lowest BCUT2D eigenvalue weighted by molar-refractivity contribution is -0.137. The molecule has 176 valence electrons. The summed E-state index contributed by atoms with van der Waals surface area (Å²) in [5, 5.41) is 12.9. The van der Waals surface area contributed by atoms with Crippen LogP contribution < -0.4 is 0 Å². The second-order valence-electron chi connectivity index (χ2n) is 7.87. The number of benzene rings is 3. The Balaban J connectivity index is 1.95. The smallest absolute Gasteiger partial charge is 0.416 e. The number of rotatable bonds is 5. The number of hydrogen-bond donors (Lipinski definition) is 1. The maximum atomic E-state index is 12.9. The molecule has 0 aliphatic heterocycles. The van der Waals surface area contributed by atoms with Gasteiger partial charge in [0.05, 0.1) is 11.1 Å². The summed E-state index contributed by atoms with van der Waals surface area (Å²) in [6.45, 7) is 1.83. The van der Waals surface area contributed by atoms with Gasteiger partial charge in [0, 0.05) is 6.26 Å². The van der Waals surface area contributed by atoms with Crippen molar-refractivity contribution in [3.63, 3.8) is 0 Å². The second kappa shape index (κ2) is 8.56. The van der Waals surface area contributed by atoms with Gasteiger partial charge in [0.15, 0.2) is 9.84 Å². The number of hydrogen-bond acceptors (Lipinski definition) is 4. The van der Waals surface area contributed by atoms with Crippen LogP contribution in [-0.2, 0) is 22.4 Å². The fourth-order valence-electron chi connectivity index (χ4n) is 3.98. The summed E-state index contributed by atoms with van der Waals surface area (Å²) in [4.78, 5) is 12.1. The Kier molecular flexibility index (Phi) is 6.03. The number of sulfone groups is 1. The number of carbonyl (C=O) groups is 1. The zero-order valence-corrected chi connectivity index (χ0v) is 19.7. The fraction of sp³-hybridized carbons (Fsp3) is 0.160. The van der Waals surface area contributed by atoms with Gasteiger partial charge in [-0.15, -0.1) is 11.3 Å². The van der Waals surface area contributed by atoms with E-state index in [9.17, 15) is 31.5 Å². The van der Waals surface area contributed by atoms with Crippen LogP contribution in [0.25, 0.3) is 33.0 Å². The van der Waals surface area contributed by atoms with Gasteiger partial charge in [-0.05, 0) is 80.7 Å². The highest BCUT2D eigenvalue weighted by molar-refractivity contribution is 7.92. The number of halogens is 3. The number of fused-ring (bicyclic) bond motifs is 1. The van der Waals surface area contributed by atoms with E-state index in [-0.39, 0.29) is 9.77 Å². The Morgan fingerprint density at radius 1 is 0.941 bits per heavy atom. The number of alkyl halides is 3. The van der Waals surface area contributed by atoms with E-state index in [0.717, 1.165) is 35.1 Å². The standard InChI is InChI=1S/C25H19F3O4S2/c1-3-18-21-10-15(14-4-7-17(8-5-14)25(26,27)28)6-9-19(21)20(12-22(18)24(29)30)16-11-23(33-13-16)34(2,31)32/h4-13H,3H2,1-2H3,(H,29,30). The maximum Gasteiger partial charge on any atom is 0.416 e. The summed E-state index contributed by atoms with van der Waals surface area (Å²) in [6.07, 6.45) is -2.90. The molecule has 0 saturated carbocycles. The predicted molar refractivity (Wildman–Crippen MR) is 127 cm³/mol. The second-order valence-corrected chi connectivity index (χ2v) is 11.0. The van der Waals surface area contributed by atoms with E-state index in [1.165, 1.54) is 18.2 Å². The van der Waals surface area contributed by atoms with E-state index in [1.807, 2.05) is 6.92 Å². The Morgan fingerprint density at radius 2 is 1.59 bits per heavy atom. The lowest BCUT2D eigenvalue weighted by Gasteiger charge is -2.15. The number of aromatic carboxylic acids is 1. The van der Waals surface area contributed by atoms with E-state index >= 15 is 0 Å². The van der Waals surface area contributed by atoms with Crippen LogP contribution in [-0.4, -0.2) is 25.7 Å². The monoisotopic (exact) mass is 504 g/mol. The number of thiophene rings is 1. The van der Waals surface area contributed by atoms with Gasteiger partial charge in [0.1, 0.15) is 4.21 Å². The molecule has 0 radical (unpaired) electrons. The molecule has 3 aromatic carbocycles. The first kappa shape index (κ1) is 24.0. The van der Waals surface area contributed by atoms with Crippen molar-refractivity contribution in [3.05, 3.63) is 76.7 Å². The van der Waals surface area contributed by atoms with Crippen molar-refractivity contribution in [2.24, 2.45) is 0 Å². The van der Waals surface area contributed by atoms with Gasteiger partial charge < -0.3 is 5.11 Å². The highest BCUT2D eigenvalue weighted by Gasteiger charge is 2.30. The third kappa shape index (κ3) is 4.45. The van der Waals surface area contributed by atoms with Crippen LogP contribution >= 0.6 is 11.3 Å². The molecule has 4 aromatic rings. The van der Waals surface area contributed by atoms with E-state index in [4.69, 9.17) is 0 Å². The molecule has 1 heterocycles. The van der Waals surface area contributed by atoms with Gasteiger partial charge in [-0.2, -0.15) is 13.2 Å². The summed E-state index contributed by atoms with van der Waals surface area (Å²) >= 11 is 1.06. The molecule has 0 amide bonds. The van der Waals surface area contributed by atoms with Gasteiger partial charge in [-0.3, -0.25) is 0 Å². The van der Waals surface area contributed by atoms with Gasteiger partial charge in [-0.1, -0.05) is 31.2 Å². The molecule has 0 spiro atoms. The van der Waals surface area contributed by atoms with Crippen LogP contribution in [0.1, 0.15) is 28.4 Å². The third-order valence-corrected chi connectivity index (χ3v) is 8.40. The Labute approximate surface area is 198 Å². The molecule has 4 nitrogen and oxygen atoms in total. The molecular weight excluding hydrogens is 485 g/mol. The minimum atomic E-state index is -4.44. The van der Waals surface area contributed by atoms with Crippen molar-refractivity contribution in [2.45, 2.75) is 23.7 Å². The molecule has 9 heteroatoms. The zero-order valence-electron chi connectivity index (χ0n) is 18.1. The molecule has 0 aliphatic carbocycles. The molecule has 0 atom stereocenters. The van der Waals surface area contributed by atoms with Gasteiger partial charge in [0.25, 0.3) is 0 Å². The fourth-order valence-corrected chi connectivity index (χ4v) is 5.79. The lowest BCUT2D eigenvalue weighted by atomic mass is 9.89. The van der Waals surface area contributed by atoms with Crippen LogP contribution in [0.4, 0.5) is 13.2 Å². The molecule has 0 saturated heterocycles. The van der Waals surface area contributed by atoms with Crippen molar-refractivity contribution in [1.29, 1.82) is 0 Å². The number of aryl methyl sites for hydroxylation is 1. The summed E-state index contributed by atoms with van der Waals surface area (Å²) in [5.41, 5.74) is 2.32. The van der Waals surface area contributed by atoms with Crippen LogP contribution in [0.3, 0.4) is 0 Å². The first-order valence-corrected chi connectivity index (χ1v) is 13.0. The molecule has 0 fully saturated rings. The first-order valence-electron chi connectivity index (χ1n) is 10.2. The van der Waals surface area contributed by atoms with E-state index in [1.54, 1.807) is 29.6 Å². The molecule has 4 rings (SSSR count). The van der Waals surface area contributed by atoms with Gasteiger partial charge in [0.2, 0.25) is 0 Å². The summed E-state index contributed by atoms with van der Waals surface area (Å²) in [7, 11) is -3.42. The molecule has 1 aromatic heterocycles. The van der Waals surface area contributed by atoms with Crippen molar-refractivity contribution in [3.8, 4) is 22.3 Å². The lowest BCUT2D eigenvalue weighted by Crippen LogP contribution is -2.04. The summed E-state index contributed by atoms with van der Waals surface area (Å²) in [5.74, 6) is -1.11. The number of carboxylic acid groups (broad SMARTS) is 1.